The number of likely N-dealkylation sites (tertiary alicyclic amines) is 1. The van der Waals surface area contributed by atoms with Crippen LogP contribution in [0, 0.1) is 0 Å². The monoisotopic (exact) mass is 457 g/mol. The second-order valence-corrected chi connectivity index (χ2v) is 9.05. The van der Waals surface area contributed by atoms with Crippen molar-refractivity contribution < 1.29 is 19.1 Å². The Balaban J connectivity index is 2.09. The summed E-state index contributed by atoms with van der Waals surface area (Å²) >= 11 is 5.94. The fraction of sp³-hybridized carbons (Fsp3) is 0.762. The summed E-state index contributed by atoms with van der Waals surface area (Å²) in [6.45, 7) is 9.17. The predicted molar refractivity (Wildman–Crippen MR) is 121 cm³/mol. The normalized spacial score (nSPS) is 24.0. The first kappa shape index (κ1) is 25.3. The number of carbonyl (C=O) groups is 2. The molecule has 2 aliphatic rings. The lowest BCUT2D eigenvalue weighted by molar-refractivity contribution is -0.132. The number of nitrogens with zero attached hydrogens (tertiary/aromatic N) is 3. The van der Waals surface area contributed by atoms with Crippen molar-refractivity contribution >= 4 is 29.6 Å². The molecule has 2 heterocycles. The topological polar surface area (TPSA) is 95.5 Å². The number of hydrogen-bond acceptors (Lipinski definition) is 5. The predicted octanol–water partition coefficient (Wildman–Crippen LogP) is 2.61. The molecule has 2 saturated heterocycles. The van der Waals surface area contributed by atoms with E-state index >= 15 is 0 Å². The average Bonchev–Trinajstić information content (AvgIpc) is 2.93. The molecule has 2 N–H and O–H groups in total. The Labute approximate surface area is 190 Å². The summed E-state index contributed by atoms with van der Waals surface area (Å²) < 4.78 is 11.4. The maximum atomic E-state index is 12.7. The Morgan fingerprint density at radius 1 is 1.39 bits per heavy atom. The number of nitrogens with one attached hydrogen (secondary N) is 2. The van der Waals surface area contributed by atoms with Crippen molar-refractivity contribution in [3.05, 3.63) is 11.7 Å². The zero-order valence-electron chi connectivity index (χ0n) is 19.2. The fourth-order valence-electron chi connectivity index (χ4n) is 3.68. The van der Waals surface area contributed by atoms with E-state index in [1.165, 1.54) is 5.54 Å². The van der Waals surface area contributed by atoms with Gasteiger partial charge in [-0.1, -0.05) is 11.6 Å². The van der Waals surface area contributed by atoms with Crippen LogP contribution < -0.4 is 10.6 Å². The van der Waals surface area contributed by atoms with Crippen molar-refractivity contribution in [2.45, 2.75) is 77.4 Å². The molecule has 2 amide bonds. The van der Waals surface area contributed by atoms with Gasteiger partial charge in [-0.15, -0.1) is 0 Å². The third kappa shape index (κ3) is 7.88. The first-order chi connectivity index (χ1) is 14.6. The van der Waals surface area contributed by atoms with Crippen LogP contribution in [0.25, 0.3) is 0 Å². The highest BCUT2D eigenvalue weighted by molar-refractivity contribution is 6.25. The van der Waals surface area contributed by atoms with Crippen LogP contribution in [0.5, 0.6) is 0 Å². The highest BCUT2D eigenvalue weighted by atomic mass is 35.5. The van der Waals surface area contributed by atoms with E-state index in [0.717, 1.165) is 19.3 Å². The molecule has 176 valence electrons. The fourth-order valence-corrected chi connectivity index (χ4v) is 3.80. The molecule has 31 heavy (non-hydrogen) atoms. The number of halogens is 1. The molecule has 10 heteroatoms. The average molecular weight is 458 g/mol. The number of amides is 2. The van der Waals surface area contributed by atoms with Gasteiger partial charge in [0.05, 0.1) is 6.04 Å². The molecule has 0 saturated carbocycles. The highest BCUT2D eigenvalue weighted by Crippen LogP contribution is 2.20. The molecule has 0 aromatic heterocycles. The van der Waals surface area contributed by atoms with Crippen LogP contribution in [-0.4, -0.2) is 78.4 Å². The third-order valence-electron chi connectivity index (χ3n) is 5.06. The van der Waals surface area contributed by atoms with E-state index in [1.54, 1.807) is 18.1 Å². The number of ether oxygens (including phenoxy) is 2. The van der Waals surface area contributed by atoms with Crippen molar-refractivity contribution in [2.24, 2.45) is 4.99 Å². The first-order valence-corrected chi connectivity index (χ1v) is 11.3. The molecule has 0 bridgehead atoms. The second-order valence-electron chi connectivity index (χ2n) is 8.80. The van der Waals surface area contributed by atoms with Gasteiger partial charge in [0.1, 0.15) is 17.9 Å². The van der Waals surface area contributed by atoms with Crippen LogP contribution in [0.4, 0.5) is 4.79 Å². The molecule has 0 aliphatic carbocycles. The van der Waals surface area contributed by atoms with Gasteiger partial charge in [0.25, 0.3) is 0 Å². The largest absolute Gasteiger partial charge is 0.444 e. The maximum Gasteiger partial charge on any atom is 0.410 e. The molecule has 2 fully saturated rings. The Morgan fingerprint density at radius 2 is 2.13 bits per heavy atom. The summed E-state index contributed by atoms with van der Waals surface area (Å²) in [6.07, 6.45) is 3.86. The lowest BCUT2D eigenvalue weighted by atomic mass is 10.1. The molecule has 0 spiro atoms. The molecular formula is C21H36ClN5O4. The standard InChI is InChI=1S/C21H36ClN5O4/c1-15(30-17-9-11-24-18(17)28)25-19(23-5)27(13-10-22)16-8-6-7-12-26(14-16)20(29)31-21(2,3)4/h10,13,15-17H,6-9,11-12,14H2,1-5H3,(H,23,25)(H,24,28)/b13-10-/t15?,16-,17?/m1/s1. The first-order valence-electron chi connectivity index (χ1n) is 10.8. The molecule has 0 radical (unpaired) electrons. The Kier molecular flexibility index (Phi) is 9.43. The summed E-state index contributed by atoms with van der Waals surface area (Å²) in [7, 11) is 1.68. The number of rotatable bonds is 5. The SMILES string of the molecule is CN=C(NC(C)OC1CCNC1=O)N(/C=C\Cl)[C@@H]1CCCCN(C(=O)OC(C)(C)C)C1. The van der Waals surface area contributed by atoms with Crippen LogP contribution in [0.15, 0.2) is 16.7 Å². The number of hydrogen-bond donors (Lipinski definition) is 2. The summed E-state index contributed by atoms with van der Waals surface area (Å²) in [5, 5.41) is 5.99. The molecule has 0 aromatic carbocycles. The lowest BCUT2D eigenvalue weighted by Gasteiger charge is -2.35. The van der Waals surface area contributed by atoms with Gasteiger partial charge in [-0.2, -0.15) is 0 Å². The van der Waals surface area contributed by atoms with Crippen LogP contribution in [0.2, 0.25) is 0 Å². The van der Waals surface area contributed by atoms with Crippen molar-refractivity contribution in [2.75, 3.05) is 26.7 Å². The molecule has 3 atom stereocenters. The van der Waals surface area contributed by atoms with E-state index in [9.17, 15) is 9.59 Å². The number of carbonyl (C=O) groups excluding carboxylic acids is 2. The van der Waals surface area contributed by atoms with E-state index < -0.39 is 17.9 Å². The van der Waals surface area contributed by atoms with Crippen LogP contribution in [0.1, 0.15) is 53.4 Å². The van der Waals surface area contributed by atoms with Crippen LogP contribution in [0.3, 0.4) is 0 Å². The molecular weight excluding hydrogens is 422 g/mol. The van der Waals surface area contributed by atoms with Gasteiger partial charge in [-0.05, 0) is 47.0 Å². The minimum Gasteiger partial charge on any atom is -0.444 e. The maximum absolute atomic E-state index is 12.7. The molecule has 0 aromatic rings. The van der Waals surface area contributed by atoms with Crippen LogP contribution >= 0.6 is 11.6 Å². The Morgan fingerprint density at radius 3 is 2.71 bits per heavy atom. The summed E-state index contributed by atoms with van der Waals surface area (Å²) in [6, 6.07) is -0.0433. The number of guanidine groups is 1. The van der Waals surface area contributed by atoms with E-state index in [1.807, 2.05) is 32.6 Å². The van der Waals surface area contributed by atoms with Crippen molar-refractivity contribution in [3.8, 4) is 0 Å². The lowest BCUT2D eigenvalue weighted by Crippen LogP contribution is -2.52. The van der Waals surface area contributed by atoms with Gasteiger partial charge in [0, 0.05) is 44.8 Å². The molecule has 2 unspecified atom stereocenters. The third-order valence-corrected chi connectivity index (χ3v) is 5.18. The summed E-state index contributed by atoms with van der Waals surface area (Å²) in [5.41, 5.74) is 0.872. The second kappa shape index (κ2) is 11.6. The van der Waals surface area contributed by atoms with Crippen molar-refractivity contribution in [3.63, 3.8) is 0 Å². The zero-order valence-corrected chi connectivity index (χ0v) is 19.9. The molecule has 9 nitrogen and oxygen atoms in total. The van der Waals surface area contributed by atoms with Gasteiger partial charge >= 0.3 is 6.09 Å². The molecule has 2 aliphatic heterocycles. The van der Waals surface area contributed by atoms with Crippen molar-refractivity contribution in [1.29, 1.82) is 0 Å². The quantitative estimate of drug-likeness (QED) is 0.374. The minimum absolute atomic E-state index is 0.0433. The van der Waals surface area contributed by atoms with Gasteiger partial charge in [-0.25, -0.2) is 4.79 Å². The smallest absolute Gasteiger partial charge is 0.410 e. The zero-order chi connectivity index (χ0) is 23.0. The van der Waals surface area contributed by atoms with Gasteiger partial charge < -0.3 is 29.9 Å². The van der Waals surface area contributed by atoms with Gasteiger partial charge in [-0.3, -0.25) is 9.79 Å². The van der Waals surface area contributed by atoms with Gasteiger partial charge in [0.15, 0.2) is 5.96 Å². The highest BCUT2D eigenvalue weighted by Gasteiger charge is 2.31. The van der Waals surface area contributed by atoms with Gasteiger partial charge in [0.2, 0.25) is 5.91 Å². The van der Waals surface area contributed by atoms with E-state index in [2.05, 4.69) is 15.6 Å². The minimum atomic E-state index is -0.550. The van der Waals surface area contributed by atoms with Crippen molar-refractivity contribution in [1.82, 2.24) is 20.4 Å². The van der Waals surface area contributed by atoms with Crippen LogP contribution in [-0.2, 0) is 14.3 Å². The number of aliphatic imine (C=N–C) groups is 1. The summed E-state index contributed by atoms with van der Waals surface area (Å²) in [4.78, 5) is 32.5. The van der Waals surface area contributed by atoms with E-state index in [-0.39, 0.29) is 18.0 Å². The molecule has 2 rings (SSSR count). The van der Waals surface area contributed by atoms with E-state index in [4.69, 9.17) is 21.1 Å². The Bertz CT molecular complexity index is 679. The van der Waals surface area contributed by atoms with E-state index in [0.29, 0.717) is 32.0 Å². The summed E-state index contributed by atoms with van der Waals surface area (Å²) in [5.74, 6) is 0.455. The Hall–Kier alpha value is -2.00.